The zero-order valence-electron chi connectivity index (χ0n) is 11.2. The molecule has 5 heteroatoms. The van der Waals surface area contributed by atoms with Crippen LogP contribution in [0.2, 0.25) is 10.0 Å². The van der Waals surface area contributed by atoms with Crippen molar-refractivity contribution < 1.29 is 4.74 Å². The number of halogens is 2. The van der Waals surface area contributed by atoms with Gasteiger partial charge >= 0.3 is 0 Å². The first kappa shape index (κ1) is 14.9. The zero-order chi connectivity index (χ0) is 14.4. The van der Waals surface area contributed by atoms with Crippen molar-refractivity contribution in [2.45, 2.75) is 20.0 Å². The maximum Gasteiger partial charge on any atom is 0.130 e. The molecule has 2 aromatic rings. The van der Waals surface area contributed by atoms with E-state index in [4.69, 9.17) is 27.9 Å². The van der Waals surface area contributed by atoms with Gasteiger partial charge in [-0.2, -0.15) is 0 Å². The van der Waals surface area contributed by atoms with E-state index < -0.39 is 0 Å². The number of hydrogen-bond acceptors (Lipinski definition) is 3. The summed E-state index contributed by atoms with van der Waals surface area (Å²) in [5, 5.41) is 4.24. The Kier molecular flexibility index (Phi) is 5.50. The minimum atomic E-state index is 0.388. The fraction of sp³-hybridized carbons (Fsp3) is 0.267. The Balaban J connectivity index is 1.97. The highest BCUT2D eigenvalue weighted by molar-refractivity contribution is 6.42. The minimum absolute atomic E-state index is 0.388. The Morgan fingerprint density at radius 1 is 1.15 bits per heavy atom. The van der Waals surface area contributed by atoms with Gasteiger partial charge in [0.1, 0.15) is 18.2 Å². The molecule has 0 aliphatic heterocycles. The molecule has 20 heavy (non-hydrogen) atoms. The normalized spacial score (nSPS) is 10.3. The fourth-order valence-corrected chi connectivity index (χ4v) is 1.92. The molecule has 2 rings (SSSR count). The van der Waals surface area contributed by atoms with E-state index in [9.17, 15) is 0 Å². The second-order valence-corrected chi connectivity index (χ2v) is 5.12. The quantitative estimate of drug-likeness (QED) is 0.833. The monoisotopic (exact) mass is 310 g/mol. The van der Waals surface area contributed by atoms with Gasteiger partial charge in [-0.3, -0.25) is 0 Å². The molecule has 1 aromatic carbocycles. The summed E-state index contributed by atoms with van der Waals surface area (Å²) in [6, 6.07) is 11.0. The van der Waals surface area contributed by atoms with Crippen LogP contribution in [0.1, 0.15) is 19.0 Å². The maximum atomic E-state index is 5.94. The van der Waals surface area contributed by atoms with E-state index in [-0.39, 0.29) is 0 Å². The fourth-order valence-electron chi connectivity index (χ4n) is 1.64. The van der Waals surface area contributed by atoms with Gasteiger partial charge in [0.15, 0.2) is 0 Å². The number of anilines is 1. The third kappa shape index (κ3) is 4.29. The van der Waals surface area contributed by atoms with Crippen LogP contribution in [0.15, 0.2) is 36.4 Å². The Bertz CT molecular complexity index is 576. The van der Waals surface area contributed by atoms with Crippen LogP contribution in [0.5, 0.6) is 5.75 Å². The first-order valence-corrected chi connectivity index (χ1v) is 7.22. The van der Waals surface area contributed by atoms with Gasteiger partial charge in [-0.25, -0.2) is 4.98 Å². The van der Waals surface area contributed by atoms with E-state index >= 15 is 0 Å². The minimum Gasteiger partial charge on any atom is -0.487 e. The van der Waals surface area contributed by atoms with Gasteiger partial charge < -0.3 is 10.1 Å². The van der Waals surface area contributed by atoms with Crippen LogP contribution in [0.4, 0.5) is 5.82 Å². The highest BCUT2D eigenvalue weighted by atomic mass is 35.5. The smallest absolute Gasteiger partial charge is 0.130 e. The molecular weight excluding hydrogens is 295 g/mol. The molecule has 1 N–H and O–H groups in total. The van der Waals surface area contributed by atoms with Crippen LogP contribution in [0.25, 0.3) is 0 Å². The van der Waals surface area contributed by atoms with Gasteiger partial charge in [-0.1, -0.05) is 36.2 Å². The predicted molar refractivity (Wildman–Crippen MR) is 83.8 cm³/mol. The molecule has 0 aliphatic rings. The van der Waals surface area contributed by atoms with Crippen molar-refractivity contribution in [2.24, 2.45) is 0 Å². The summed E-state index contributed by atoms with van der Waals surface area (Å²) < 4.78 is 5.65. The Morgan fingerprint density at radius 2 is 2.00 bits per heavy atom. The molecule has 0 aliphatic carbocycles. The molecule has 1 heterocycles. The van der Waals surface area contributed by atoms with Crippen molar-refractivity contribution in [3.05, 3.63) is 52.1 Å². The predicted octanol–water partition coefficient (Wildman–Crippen LogP) is 4.79. The number of pyridine rings is 1. The van der Waals surface area contributed by atoms with Gasteiger partial charge in [0.25, 0.3) is 0 Å². The number of nitrogens with zero attached hydrogens (tertiary/aromatic N) is 1. The highest BCUT2D eigenvalue weighted by Crippen LogP contribution is 2.26. The molecular formula is C15H16Cl2N2O. The van der Waals surface area contributed by atoms with Crippen molar-refractivity contribution in [3.8, 4) is 5.75 Å². The third-order valence-corrected chi connectivity index (χ3v) is 3.38. The molecule has 3 nitrogen and oxygen atoms in total. The summed E-state index contributed by atoms with van der Waals surface area (Å²) in [6.45, 7) is 3.41. The summed E-state index contributed by atoms with van der Waals surface area (Å²) in [6.07, 6.45) is 1.06. The summed E-state index contributed by atoms with van der Waals surface area (Å²) in [5.41, 5.74) is 0.858. The first-order valence-electron chi connectivity index (χ1n) is 6.46. The van der Waals surface area contributed by atoms with Gasteiger partial charge in [0.2, 0.25) is 0 Å². The Labute approximate surface area is 128 Å². The van der Waals surface area contributed by atoms with Crippen LogP contribution in [-0.2, 0) is 6.61 Å². The second kappa shape index (κ2) is 7.36. The lowest BCUT2D eigenvalue weighted by atomic mass is 10.3. The van der Waals surface area contributed by atoms with Crippen LogP contribution < -0.4 is 10.1 Å². The van der Waals surface area contributed by atoms with Gasteiger partial charge in [0, 0.05) is 12.6 Å². The van der Waals surface area contributed by atoms with Crippen molar-refractivity contribution >= 4 is 29.0 Å². The average Bonchev–Trinajstić information content (AvgIpc) is 2.47. The first-order chi connectivity index (χ1) is 9.69. The molecule has 0 saturated carbocycles. The SMILES string of the molecule is CCCNc1cccc(COc2ccc(Cl)c(Cl)c2)n1. The summed E-state index contributed by atoms with van der Waals surface area (Å²) in [5.74, 6) is 1.54. The van der Waals surface area contributed by atoms with E-state index in [0.29, 0.717) is 22.4 Å². The van der Waals surface area contributed by atoms with Gasteiger partial charge in [0.05, 0.1) is 15.7 Å². The number of nitrogens with one attached hydrogen (secondary N) is 1. The van der Waals surface area contributed by atoms with E-state index in [1.807, 2.05) is 18.2 Å². The third-order valence-electron chi connectivity index (χ3n) is 2.64. The molecule has 0 bridgehead atoms. The van der Waals surface area contributed by atoms with E-state index in [1.165, 1.54) is 0 Å². The number of hydrogen-bond donors (Lipinski definition) is 1. The molecule has 106 valence electrons. The van der Waals surface area contributed by atoms with Crippen molar-refractivity contribution in [2.75, 3.05) is 11.9 Å². The lowest BCUT2D eigenvalue weighted by Gasteiger charge is -2.09. The lowest BCUT2D eigenvalue weighted by Crippen LogP contribution is -2.04. The molecule has 0 atom stereocenters. The van der Waals surface area contributed by atoms with Gasteiger partial charge in [-0.05, 0) is 30.7 Å². The zero-order valence-corrected chi connectivity index (χ0v) is 12.7. The molecule has 0 saturated heterocycles. The highest BCUT2D eigenvalue weighted by Gasteiger charge is 2.02. The molecule has 0 fully saturated rings. The Morgan fingerprint density at radius 3 is 2.75 bits per heavy atom. The molecule has 1 aromatic heterocycles. The summed E-state index contributed by atoms with van der Waals surface area (Å²) in [7, 11) is 0. The van der Waals surface area contributed by atoms with Crippen molar-refractivity contribution in [1.82, 2.24) is 4.98 Å². The number of benzene rings is 1. The number of aromatic nitrogens is 1. The number of ether oxygens (including phenoxy) is 1. The average molecular weight is 311 g/mol. The largest absolute Gasteiger partial charge is 0.487 e. The van der Waals surface area contributed by atoms with Crippen molar-refractivity contribution in [1.29, 1.82) is 0 Å². The molecule has 0 radical (unpaired) electrons. The van der Waals surface area contributed by atoms with Crippen LogP contribution in [0.3, 0.4) is 0 Å². The van der Waals surface area contributed by atoms with Crippen molar-refractivity contribution in [3.63, 3.8) is 0 Å². The number of rotatable bonds is 6. The summed E-state index contributed by atoms with van der Waals surface area (Å²) >= 11 is 11.8. The second-order valence-electron chi connectivity index (χ2n) is 4.31. The van der Waals surface area contributed by atoms with E-state index in [1.54, 1.807) is 18.2 Å². The van der Waals surface area contributed by atoms with E-state index in [0.717, 1.165) is 24.5 Å². The standard InChI is InChI=1S/C15H16Cl2N2O/c1-2-8-18-15-5-3-4-11(19-15)10-20-12-6-7-13(16)14(17)9-12/h3-7,9H,2,8,10H2,1H3,(H,18,19). The van der Waals surface area contributed by atoms with Crippen LogP contribution >= 0.6 is 23.2 Å². The lowest BCUT2D eigenvalue weighted by molar-refractivity contribution is 0.301. The Hall–Kier alpha value is -1.45. The van der Waals surface area contributed by atoms with E-state index in [2.05, 4.69) is 17.2 Å². The van der Waals surface area contributed by atoms with Gasteiger partial charge in [-0.15, -0.1) is 0 Å². The van der Waals surface area contributed by atoms with Crippen LogP contribution in [0, 0.1) is 0 Å². The maximum absolute atomic E-state index is 5.94. The molecule has 0 amide bonds. The summed E-state index contributed by atoms with van der Waals surface area (Å²) in [4.78, 5) is 4.47. The van der Waals surface area contributed by atoms with Crippen LogP contribution in [-0.4, -0.2) is 11.5 Å². The topological polar surface area (TPSA) is 34.1 Å². The molecule has 0 spiro atoms. The molecule has 0 unspecified atom stereocenters.